The van der Waals surface area contributed by atoms with E-state index in [0.29, 0.717) is 29.8 Å². The van der Waals surface area contributed by atoms with Crippen molar-refractivity contribution in [3.8, 4) is 0 Å². The number of fused-ring (bicyclic) bond motifs is 2. The van der Waals surface area contributed by atoms with Crippen LogP contribution in [-0.2, 0) is 35.5 Å². The molecule has 5 atom stereocenters. The SMILES string of the molecule is CN1Sc2cc(S(=O)(=O)NCc3ccccc3)c(Cl)cc2NC1CC(=O)NCCCCP(=O)(O)CC(=O)N1[C@@H]2CCCC[C@@H]2C[C@H]1C(=O)O. The van der Waals surface area contributed by atoms with Crippen LogP contribution in [0.4, 0.5) is 5.69 Å². The monoisotopic (exact) mass is 755 g/mol. The third kappa shape index (κ3) is 9.57. The van der Waals surface area contributed by atoms with Crippen LogP contribution >= 0.6 is 30.9 Å². The van der Waals surface area contributed by atoms with Gasteiger partial charge in [-0.15, -0.1) is 0 Å². The lowest BCUT2D eigenvalue weighted by molar-refractivity contribution is -0.148. The molecule has 268 valence electrons. The summed E-state index contributed by atoms with van der Waals surface area (Å²) in [5.74, 6) is -1.76. The van der Waals surface area contributed by atoms with Gasteiger partial charge in [-0.3, -0.25) is 14.2 Å². The molecule has 2 fully saturated rings. The first kappa shape index (κ1) is 37.6. The molecule has 3 aliphatic rings. The van der Waals surface area contributed by atoms with Gasteiger partial charge in [0.05, 0.1) is 23.3 Å². The van der Waals surface area contributed by atoms with Crippen LogP contribution in [0.2, 0.25) is 5.02 Å². The smallest absolute Gasteiger partial charge is 0.326 e. The third-order valence-corrected chi connectivity index (χ3v) is 14.0. The Bertz CT molecular complexity index is 1700. The number of halogens is 1. The number of aliphatic carboxylic acids is 1. The number of carboxylic acid groups (broad SMARTS) is 1. The third-order valence-electron chi connectivity index (χ3n) is 9.31. The highest BCUT2D eigenvalue weighted by Crippen LogP contribution is 2.45. The molecule has 49 heavy (non-hydrogen) atoms. The number of carboxylic acids is 1. The molecule has 0 radical (unpaired) electrons. The summed E-state index contributed by atoms with van der Waals surface area (Å²) in [4.78, 5) is 50.2. The molecule has 5 N–H and O–H groups in total. The van der Waals surface area contributed by atoms with Crippen molar-refractivity contribution < 1.29 is 37.4 Å². The van der Waals surface area contributed by atoms with Crippen molar-refractivity contribution in [2.75, 3.05) is 31.2 Å². The first-order valence-electron chi connectivity index (χ1n) is 16.4. The van der Waals surface area contributed by atoms with Crippen LogP contribution in [0.1, 0.15) is 56.9 Å². The summed E-state index contributed by atoms with van der Waals surface area (Å²) >= 11 is 7.70. The fraction of sp³-hybridized carbons (Fsp3) is 0.531. The van der Waals surface area contributed by atoms with Gasteiger partial charge in [0, 0.05) is 30.2 Å². The van der Waals surface area contributed by atoms with Crippen molar-refractivity contribution in [3.05, 3.63) is 53.1 Å². The normalized spacial score (nSPS) is 23.5. The predicted molar refractivity (Wildman–Crippen MR) is 188 cm³/mol. The van der Waals surface area contributed by atoms with E-state index in [9.17, 15) is 37.4 Å². The highest BCUT2D eigenvalue weighted by Gasteiger charge is 2.48. The fourth-order valence-corrected chi connectivity index (χ4v) is 10.9. The van der Waals surface area contributed by atoms with E-state index in [4.69, 9.17) is 11.6 Å². The number of carbonyl (C=O) groups is 3. The Balaban J connectivity index is 1.06. The summed E-state index contributed by atoms with van der Waals surface area (Å²) in [5, 5.41) is 15.8. The number of sulfonamides is 1. The Hall–Kier alpha value is -2.65. The first-order valence-corrected chi connectivity index (χ1v) is 21.1. The molecule has 13 nitrogen and oxygen atoms in total. The van der Waals surface area contributed by atoms with Crippen LogP contribution in [0.5, 0.6) is 0 Å². The Kier molecular flexibility index (Phi) is 12.4. The van der Waals surface area contributed by atoms with Crippen LogP contribution in [0, 0.1) is 5.92 Å². The van der Waals surface area contributed by atoms with Crippen LogP contribution in [0.25, 0.3) is 0 Å². The molecule has 2 unspecified atom stereocenters. The Morgan fingerprint density at radius 2 is 1.86 bits per heavy atom. The molecule has 2 amide bonds. The van der Waals surface area contributed by atoms with Gasteiger partial charge >= 0.3 is 5.97 Å². The zero-order chi connectivity index (χ0) is 35.3. The van der Waals surface area contributed by atoms with Crippen molar-refractivity contribution >= 4 is 64.4 Å². The van der Waals surface area contributed by atoms with Crippen molar-refractivity contribution in [2.45, 2.75) is 86.0 Å². The Labute approximate surface area is 296 Å². The van der Waals surface area contributed by atoms with Crippen molar-refractivity contribution in [1.29, 1.82) is 0 Å². The molecule has 5 rings (SSSR count). The number of unbranched alkanes of at least 4 members (excludes halogenated alkanes) is 1. The number of benzene rings is 2. The van der Waals surface area contributed by atoms with Gasteiger partial charge < -0.3 is 25.5 Å². The first-order chi connectivity index (χ1) is 23.2. The highest BCUT2D eigenvalue weighted by molar-refractivity contribution is 7.97. The second-order valence-electron chi connectivity index (χ2n) is 12.9. The molecule has 17 heteroatoms. The maximum absolute atomic E-state index is 13.1. The number of rotatable bonds is 14. The van der Waals surface area contributed by atoms with Crippen LogP contribution in [-0.4, -0.2) is 89.6 Å². The van der Waals surface area contributed by atoms with Gasteiger partial charge in [0.15, 0.2) is 0 Å². The van der Waals surface area contributed by atoms with Gasteiger partial charge in [0.25, 0.3) is 0 Å². The fourth-order valence-electron chi connectivity index (χ4n) is 6.82. The average molecular weight is 756 g/mol. The maximum atomic E-state index is 13.1. The van der Waals surface area contributed by atoms with Gasteiger partial charge in [0.2, 0.25) is 29.2 Å². The largest absolute Gasteiger partial charge is 0.480 e. The van der Waals surface area contributed by atoms with E-state index in [1.165, 1.54) is 29.0 Å². The number of nitrogens with zero attached hydrogens (tertiary/aromatic N) is 2. The predicted octanol–water partition coefficient (Wildman–Crippen LogP) is 4.31. The lowest BCUT2D eigenvalue weighted by Gasteiger charge is -2.34. The molecule has 0 aromatic heterocycles. The van der Waals surface area contributed by atoms with E-state index < -0.39 is 47.6 Å². The number of anilines is 1. The second-order valence-corrected chi connectivity index (χ2v) is 18.7. The number of hydrogen-bond donors (Lipinski definition) is 5. The van der Waals surface area contributed by atoms with Gasteiger partial charge in [-0.1, -0.05) is 54.8 Å². The molecule has 1 saturated carbocycles. The molecule has 0 spiro atoms. The lowest BCUT2D eigenvalue weighted by atomic mass is 9.85. The van der Waals surface area contributed by atoms with Crippen molar-refractivity contribution in [2.24, 2.45) is 5.92 Å². The number of carbonyl (C=O) groups excluding carboxylic acids is 2. The minimum absolute atomic E-state index is 0.0436. The van der Waals surface area contributed by atoms with Gasteiger partial charge in [-0.05, 0) is 74.7 Å². The summed E-state index contributed by atoms with van der Waals surface area (Å²) < 4.78 is 43.4. The molecule has 2 aromatic carbocycles. The van der Waals surface area contributed by atoms with Crippen LogP contribution < -0.4 is 15.4 Å². The summed E-state index contributed by atoms with van der Waals surface area (Å²) in [6.45, 7) is 0.388. The number of amides is 2. The van der Waals surface area contributed by atoms with E-state index in [0.717, 1.165) is 31.2 Å². The van der Waals surface area contributed by atoms with Gasteiger partial charge in [-0.2, -0.15) is 0 Å². The number of nitrogens with one attached hydrogen (secondary N) is 3. The van der Waals surface area contributed by atoms with Crippen molar-refractivity contribution in [3.63, 3.8) is 0 Å². The van der Waals surface area contributed by atoms with Gasteiger partial charge in [-0.25, -0.2) is 22.2 Å². The molecule has 0 bridgehead atoms. The zero-order valence-electron chi connectivity index (χ0n) is 27.2. The zero-order valence-corrected chi connectivity index (χ0v) is 30.5. The van der Waals surface area contributed by atoms with Crippen LogP contribution in [0.3, 0.4) is 0 Å². The number of likely N-dealkylation sites (tertiary alicyclic amines) is 1. The van der Waals surface area contributed by atoms with Gasteiger partial charge in [0.1, 0.15) is 17.1 Å². The molecule has 1 saturated heterocycles. The maximum Gasteiger partial charge on any atom is 0.326 e. The molecule has 2 aromatic rings. The van der Waals surface area contributed by atoms with E-state index in [-0.39, 0.29) is 53.5 Å². The quantitative estimate of drug-likeness (QED) is 0.105. The van der Waals surface area contributed by atoms with E-state index >= 15 is 0 Å². The van der Waals surface area contributed by atoms with E-state index in [1.54, 1.807) is 7.05 Å². The topological polar surface area (TPSA) is 185 Å². The minimum atomic E-state index is -3.90. The number of hydrogen-bond acceptors (Lipinski definition) is 9. The van der Waals surface area contributed by atoms with E-state index in [2.05, 4.69) is 15.4 Å². The summed E-state index contributed by atoms with van der Waals surface area (Å²) in [5.41, 5.74) is 1.41. The molecule has 2 heterocycles. The average Bonchev–Trinajstić information content (AvgIpc) is 3.45. The minimum Gasteiger partial charge on any atom is -0.480 e. The summed E-state index contributed by atoms with van der Waals surface area (Å²) in [7, 11) is -5.96. The standard InChI is InChI=1S/C32H43ClN5O8PS2/c1-37-29(36-24-16-23(33)28(17-27(24)48-37)49(45,46)35-19-21-9-3-2-4-10-21)18-30(39)34-13-7-8-14-47(43,44)20-31(40)38-25-12-6-5-11-22(25)15-26(38)32(41)42/h2-4,9-10,16-17,22,25-26,29,35-36H,5-8,11-15,18-20H2,1H3,(H,34,39)(H,41,42)(H,43,44)/t22-,25-,26+,29?/m1/s1. The second kappa shape index (κ2) is 16.1. The molecule has 2 aliphatic heterocycles. The Morgan fingerprint density at radius 3 is 2.59 bits per heavy atom. The highest BCUT2D eigenvalue weighted by atomic mass is 35.5. The molecule has 1 aliphatic carbocycles. The lowest BCUT2D eigenvalue weighted by Crippen LogP contribution is -2.47. The van der Waals surface area contributed by atoms with Crippen molar-refractivity contribution in [1.82, 2.24) is 19.2 Å². The van der Waals surface area contributed by atoms with Crippen LogP contribution in [0.15, 0.2) is 52.3 Å². The Morgan fingerprint density at radius 1 is 1.12 bits per heavy atom. The molecular weight excluding hydrogens is 713 g/mol. The summed E-state index contributed by atoms with van der Waals surface area (Å²) in [6.07, 6.45) is 3.62. The summed E-state index contributed by atoms with van der Waals surface area (Å²) in [6, 6.07) is 11.1. The van der Waals surface area contributed by atoms with E-state index in [1.807, 2.05) is 34.6 Å². The molecular formula is C32H43ClN5O8PS2.